The summed E-state index contributed by atoms with van der Waals surface area (Å²) in [6, 6.07) is 8.65. The lowest BCUT2D eigenvalue weighted by atomic mass is 10.1. The van der Waals surface area contributed by atoms with Gasteiger partial charge in [-0.25, -0.2) is 9.98 Å². The Labute approximate surface area is 202 Å². The second kappa shape index (κ2) is 11.8. The molecule has 0 bridgehead atoms. The van der Waals surface area contributed by atoms with Crippen LogP contribution in [-0.2, 0) is 22.6 Å². The first kappa shape index (κ1) is 24.0. The first-order valence-electron chi connectivity index (χ1n) is 11.0. The van der Waals surface area contributed by atoms with Crippen LogP contribution in [0, 0.1) is 6.92 Å². The van der Waals surface area contributed by atoms with Crippen molar-refractivity contribution in [3.8, 4) is 0 Å². The summed E-state index contributed by atoms with van der Waals surface area (Å²) in [7, 11) is 0. The van der Waals surface area contributed by atoms with E-state index in [-0.39, 0.29) is 36.2 Å². The molecular weight excluding hydrogens is 505 g/mol. The molecule has 1 aromatic carbocycles. The van der Waals surface area contributed by atoms with Crippen molar-refractivity contribution >= 4 is 29.9 Å². The van der Waals surface area contributed by atoms with Crippen molar-refractivity contribution in [3.05, 3.63) is 53.6 Å². The van der Waals surface area contributed by atoms with Crippen LogP contribution in [0.4, 0.5) is 0 Å². The summed E-state index contributed by atoms with van der Waals surface area (Å²) in [6.45, 7) is 9.73. The number of rotatable bonds is 6. The molecule has 2 saturated heterocycles. The first-order chi connectivity index (χ1) is 14.7. The molecule has 2 aliphatic rings. The van der Waals surface area contributed by atoms with Crippen LogP contribution in [0.2, 0.25) is 0 Å². The predicted molar refractivity (Wildman–Crippen MR) is 133 cm³/mol. The number of hydrogen-bond donors (Lipinski definition) is 1. The number of aliphatic imine (C=N–C) groups is 1. The van der Waals surface area contributed by atoms with Crippen LogP contribution < -0.4 is 5.32 Å². The fourth-order valence-electron chi connectivity index (χ4n) is 4.17. The third-order valence-electron chi connectivity index (χ3n) is 5.79. The Hall–Kier alpha value is -1.65. The van der Waals surface area contributed by atoms with E-state index >= 15 is 0 Å². The summed E-state index contributed by atoms with van der Waals surface area (Å²) < 4.78 is 14.0. The van der Waals surface area contributed by atoms with Gasteiger partial charge in [0.05, 0.1) is 19.3 Å². The van der Waals surface area contributed by atoms with E-state index in [9.17, 15) is 0 Å². The average molecular weight is 539 g/mol. The van der Waals surface area contributed by atoms with Gasteiger partial charge in [0.25, 0.3) is 0 Å². The zero-order valence-corrected chi connectivity index (χ0v) is 20.8. The number of imidazole rings is 1. The molecule has 3 heterocycles. The maximum Gasteiger partial charge on any atom is 0.194 e. The summed E-state index contributed by atoms with van der Waals surface area (Å²) in [5.74, 6) is 1.99. The normalized spacial score (nSPS) is 21.7. The minimum Gasteiger partial charge on any atom is -0.375 e. The van der Waals surface area contributed by atoms with E-state index in [1.165, 1.54) is 11.1 Å². The summed E-state index contributed by atoms with van der Waals surface area (Å²) >= 11 is 0. The summed E-state index contributed by atoms with van der Waals surface area (Å²) in [5.41, 5.74) is 2.48. The highest BCUT2D eigenvalue weighted by Crippen LogP contribution is 2.21. The number of nitrogens with zero attached hydrogens (tertiary/aromatic N) is 4. The topological polar surface area (TPSA) is 63.9 Å². The van der Waals surface area contributed by atoms with Crippen molar-refractivity contribution in [2.75, 3.05) is 32.8 Å². The zero-order chi connectivity index (χ0) is 20.8. The third kappa shape index (κ3) is 6.43. The molecule has 0 amide bonds. The molecule has 2 fully saturated rings. The van der Waals surface area contributed by atoms with Crippen molar-refractivity contribution < 1.29 is 9.47 Å². The van der Waals surface area contributed by atoms with E-state index in [1.54, 1.807) is 0 Å². The van der Waals surface area contributed by atoms with Crippen molar-refractivity contribution in [3.63, 3.8) is 0 Å². The van der Waals surface area contributed by atoms with Crippen LogP contribution in [0.15, 0.2) is 41.7 Å². The number of nitrogens with one attached hydrogen (secondary N) is 1. The Balaban J connectivity index is 0.00000272. The van der Waals surface area contributed by atoms with Crippen LogP contribution in [0.25, 0.3) is 0 Å². The van der Waals surface area contributed by atoms with Gasteiger partial charge < -0.3 is 24.3 Å². The molecule has 1 N–H and O–H groups in total. The monoisotopic (exact) mass is 539 g/mol. The third-order valence-corrected chi connectivity index (χ3v) is 5.79. The summed E-state index contributed by atoms with van der Waals surface area (Å²) in [5, 5.41) is 3.46. The van der Waals surface area contributed by atoms with Crippen LogP contribution in [-0.4, -0.2) is 65.5 Å². The fraction of sp³-hybridized carbons (Fsp3) is 0.565. The van der Waals surface area contributed by atoms with Gasteiger partial charge in [-0.1, -0.05) is 24.3 Å². The minimum atomic E-state index is 0. The van der Waals surface area contributed by atoms with E-state index in [4.69, 9.17) is 14.5 Å². The lowest BCUT2D eigenvalue weighted by molar-refractivity contribution is -0.0817. The van der Waals surface area contributed by atoms with Gasteiger partial charge in [-0.15, -0.1) is 24.0 Å². The standard InChI is InChI=1S/C23H33N5O2.HI/c1-3-24-23(28-11-13-30-22(17-28)21-8-5-12-29-21)26-15-19-6-4-7-20(14-19)16-27-10-9-25-18(27)2;/h4,6-7,9-10,14,21-22H,3,5,8,11-13,15-17H2,1-2H3,(H,24,26);1H. The van der Waals surface area contributed by atoms with E-state index in [1.807, 2.05) is 19.3 Å². The van der Waals surface area contributed by atoms with Crippen LogP contribution in [0.1, 0.15) is 36.7 Å². The number of ether oxygens (including phenoxy) is 2. The molecule has 0 aliphatic carbocycles. The number of aryl methyl sites for hydroxylation is 1. The second-order valence-corrected chi connectivity index (χ2v) is 8.00. The Kier molecular flexibility index (Phi) is 9.15. The highest BCUT2D eigenvalue weighted by molar-refractivity contribution is 14.0. The number of halogens is 1. The van der Waals surface area contributed by atoms with Gasteiger partial charge >= 0.3 is 0 Å². The molecule has 0 saturated carbocycles. The molecule has 0 spiro atoms. The molecule has 4 rings (SSSR count). The van der Waals surface area contributed by atoms with Crippen LogP contribution >= 0.6 is 24.0 Å². The smallest absolute Gasteiger partial charge is 0.194 e. The quantitative estimate of drug-likeness (QED) is 0.347. The van der Waals surface area contributed by atoms with Gasteiger partial charge in [0.2, 0.25) is 0 Å². The Morgan fingerprint density at radius 2 is 2.06 bits per heavy atom. The maximum absolute atomic E-state index is 6.00. The Morgan fingerprint density at radius 3 is 2.81 bits per heavy atom. The highest BCUT2D eigenvalue weighted by atomic mass is 127. The summed E-state index contributed by atoms with van der Waals surface area (Å²) in [6.07, 6.45) is 6.44. The van der Waals surface area contributed by atoms with Gasteiger partial charge in [-0.05, 0) is 37.8 Å². The van der Waals surface area contributed by atoms with Crippen molar-refractivity contribution in [2.24, 2.45) is 4.99 Å². The van der Waals surface area contributed by atoms with Gasteiger partial charge in [-0.3, -0.25) is 0 Å². The zero-order valence-electron chi connectivity index (χ0n) is 18.5. The van der Waals surface area contributed by atoms with Gasteiger partial charge in [0.15, 0.2) is 5.96 Å². The molecule has 8 heteroatoms. The van der Waals surface area contributed by atoms with Crippen molar-refractivity contribution in [1.29, 1.82) is 0 Å². The van der Waals surface area contributed by atoms with Gasteiger partial charge in [-0.2, -0.15) is 0 Å². The number of morpholine rings is 1. The van der Waals surface area contributed by atoms with Gasteiger partial charge in [0.1, 0.15) is 11.9 Å². The van der Waals surface area contributed by atoms with Crippen LogP contribution in [0.3, 0.4) is 0 Å². The molecule has 0 radical (unpaired) electrons. The van der Waals surface area contributed by atoms with Gasteiger partial charge in [0, 0.05) is 45.2 Å². The fourth-order valence-corrected chi connectivity index (χ4v) is 4.17. The molecule has 7 nitrogen and oxygen atoms in total. The Morgan fingerprint density at radius 1 is 1.23 bits per heavy atom. The highest BCUT2D eigenvalue weighted by Gasteiger charge is 2.32. The minimum absolute atomic E-state index is 0. The molecular formula is C23H34IN5O2. The average Bonchev–Trinajstić information content (AvgIpc) is 3.44. The number of hydrogen-bond acceptors (Lipinski definition) is 4. The molecule has 2 aliphatic heterocycles. The molecule has 2 atom stereocenters. The lowest BCUT2D eigenvalue weighted by Crippen LogP contribution is -2.53. The first-order valence-corrected chi connectivity index (χ1v) is 11.0. The Bertz CT molecular complexity index is 850. The number of benzene rings is 1. The van der Waals surface area contributed by atoms with Crippen molar-refractivity contribution in [1.82, 2.24) is 19.8 Å². The van der Waals surface area contributed by atoms with E-state index in [0.717, 1.165) is 57.4 Å². The predicted octanol–water partition coefficient (Wildman–Crippen LogP) is 3.20. The van der Waals surface area contributed by atoms with E-state index in [0.29, 0.717) is 13.2 Å². The SMILES string of the molecule is CCNC(=NCc1cccc(Cn2ccnc2C)c1)N1CCOC(C2CCCO2)C1.I. The van der Waals surface area contributed by atoms with E-state index < -0.39 is 0 Å². The molecule has 1 aromatic heterocycles. The molecule has 31 heavy (non-hydrogen) atoms. The van der Waals surface area contributed by atoms with E-state index in [2.05, 4.69) is 51.0 Å². The van der Waals surface area contributed by atoms with Crippen LogP contribution in [0.5, 0.6) is 0 Å². The molecule has 2 aromatic rings. The summed E-state index contributed by atoms with van der Waals surface area (Å²) in [4.78, 5) is 11.6. The largest absolute Gasteiger partial charge is 0.375 e. The maximum atomic E-state index is 6.00. The number of guanidine groups is 1. The number of aromatic nitrogens is 2. The molecule has 170 valence electrons. The molecule has 2 unspecified atom stereocenters. The lowest BCUT2D eigenvalue weighted by Gasteiger charge is -2.37. The second-order valence-electron chi connectivity index (χ2n) is 8.00. The van der Waals surface area contributed by atoms with Crippen molar-refractivity contribution in [2.45, 2.75) is 52.0 Å².